The second-order valence-electron chi connectivity index (χ2n) is 7.75. The molecule has 0 spiro atoms. The normalized spacial score (nSPS) is 11.0. The molecule has 0 aliphatic heterocycles. The molecule has 5 nitrogen and oxygen atoms in total. The molecule has 0 unspecified atom stereocenters. The van der Waals surface area contributed by atoms with Gasteiger partial charge in [0.25, 0.3) is 5.91 Å². The van der Waals surface area contributed by atoms with E-state index in [1.165, 1.54) is 0 Å². The van der Waals surface area contributed by atoms with Crippen LogP contribution in [0.3, 0.4) is 0 Å². The van der Waals surface area contributed by atoms with Crippen LogP contribution >= 0.6 is 0 Å². The van der Waals surface area contributed by atoms with E-state index in [1.807, 2.05) is 39.0 Å². The second kappa shape index (κ2) is 9.58. The van der Waals surface area contributed by atoms with Gasteiger partial charge in [0.05, 0.1) is 6.61 Å². The van der Waals surface area contributed by atoms with Gasteiger partial charge < -0.3 is 15.3 Å². The van der Waals surface area contributed by atoms with Gasteiger partial charge in [0.15, 0.2) is 5.69 Å². The third-order valence-electron chi connectivity index (χ3n) is 4.96. The highest BCUT2D eigenvalue weighted by molar-refractivity contribution is 6.07. The van der Waals surface area contributed by atoms with Gasteiger partial charge in [-0.1, -0.05) is 32.9 Å². The van der Waals surface area contributed by atoms with Gasteiger partial charge >= 0.3 is 0 Å². The van der Waals surface area contributed by atoms with Crippen molar-refractivity contribution >= 4 is 11.6 Å². The Morgan fingerprint density at radius 3 is 2.61 bits per heavy atom. The number of carbonyl (C=O) groups is 1. The van der Waals surface area contributed by atoms with Gasteiger partial charge in [-0.3, -0.25) is 4.79 Å². The zero-order valence-electron chi connectivity index (χ0n) is 17.9. The average molecular weight is 385 g/mol. The topological polar surface area (TPSA) is 65.3 Å². The van der Waals surface area contributed by atoms with Gasteiger partial charge in [-0.05, 0) is 49.8 Å². The highest BCUT2D eigenvalue weighted by Gasteiger charge is 2.27. The largest absolute Gasteiger partial charge is 0.618 e. The van der Waals surface area contributed by atoms with E-state index in [-0.39, 0.29) is 5.91 Å². The summed E-state index contributed by atoms with van der Waals surface area (Å²) in [5, 5.41) is 15.7. The van der Waals surface area contributed by atoms with Crippen LogP contribution < -0.4 is 14.8 Å². The lowest BCUT2D eigenvalue weighted by molar-refractivity contribution is -0.621. The van der Waals surface area contributed by atoms with Crippen LogP contribution in [0.25, 0.3) is 0 Å². The Morgan fingerprint density at radius 2 is 1.96 bits per heavy atom. The Hall–Kier alpha value is -2.56. The van der Waals surface area contributed by atoms with Gasteiger partial charge in [-0.15, -0.1) is 0 Å². The summed E-state index contributed by atoms with van der Waals surface area (Å²) in [5.41, 5.74) is 4.20. The van der Waals surface area contributed by atoms with Crippen LogP contribution in [-0.4, -0.2) is 12.5 Å². The van der Waals surface area contributed by atoms with Crippen molar-refractivity contribution in [3.05, 3.63) is 57.6 Å². The Labute approximate surface area is 168 Å². The number of ether oxygens (including phenoxy) is 1. The maximum atomic E-state index is 13.2. The van der Waals surface area contributed by atoms with Crippen molar-refractivity contribution in [2.24, 2.45) is 5.92 Å². The molecule has 0 saturated carbocycles. The summed E-state index contributed by atoms with van der Waals surface area (Å²) in [4.78, 5) is 13.2. The maximum Gasteiger partial charge on any atom is 0.265 e. The van der Waals surface area contributed by atoms with Crippen LogP contribution in [0.1, 0.15) is 66.5 Å². The van der Waals surface area contributed by atoms with Gasteiger partial charge in [-0.25, -0.2) is 0 Å². The van der Waals surface area contributed by atoms with E-state index < -0.39 is 0 Å². The summed E-state index contributed by atoms with van der Waals surface area (Å²) >= 11 is 0. The van der Waals surface area contributed by atoms with Crippen LogP contribution in [0.15, 0.2) is 24.3 Å². The highest BCUT2D eigenvalue weighted by Crippen LogP contribution is 2.26. The summed E-state index contributed by atoms with van der Waals surface area (Å²) in [6.45, 7) is 12.5. The first-order chi connectivity index (χ1) is 13.3. The number of aromatic nitrogens is 1. The Bertz CT molecular complexity index is 844. The van der Waals surface area contributed by atoms with Gasteiger partial charge in [0.1, 0.15) is 11.3 Å². The molecule has 0 bridgehead atoms. The average Bonchev–Trinajstić information content (AvgIpc) is 2.63. The Morgan fingerprint density at radius 1 is 1.25 bits per heavy atom. The van der Waals surface area contributed by atoms with Crippen LogP contribution in [0, 0.1) is 31.9 Å². The zero-order chi connectivity index (χ0) is 20.8. The molecule has 1 heterocycles. The fraction of sp³-hybridized carbons (Fsp3) is 0.478. The van der Waals surface area contributed by atoms with Crippen molar-refractivity contribution in [1.82, 2.24) is 0 Å². The summed E-state index contributed by atoms with van der Waals surface area (Å²) in [6, 6.07) is 7.46. The van der Waals surface area contributed by atoms with Gasteiger partial charge in [-0.2, -0.15) is 4.73 Å². The van der Waals surface area contributed by atoms with Crippen molar-refractivity contribution in [3.63, 3.8) is 0 Å². The molecule has 0 aliphatic rings. The molecular formula is C23H32N2O3. The number of rotatable bonds is 8. The minimum atomic E-state index is -0.304. The summed E-state index contributed by atoms with van der Waals surface area (Å²) < 4.78 is 6.83. The molecule has 2 aromatic rings. The third kappa shape index (κ3) is 5.03. The molecule has 1 aromatic heterocycles. The van der Waals surface area contributed by atoms with E-state index in [2.05, 4.69) is 19.2 Å². The van der Waals surface area contributed by atoms with Crippen molar-refractivity contribution in [2.75, 3.05) is 11.9 Å². The van der Waals surface area contributed by atoms with E-state index in [9.17, 15) is 10.0 Å². The lowest BCUT2D eigenvalue weighted by atomic mass is 10.0. The maximum absolute atomic E-state index is 13.2. The standard InChI is InChI=1S/C23H32N2O3/c1-7-9-20-22(23(26)24-19-11-8-10-16(4)18(19)6)21(14-17(5)25(20)27)28-13-12-15(2)3/h8,10-11,14-15H,7,9,12-13H2,1-6H3,(H,24,26). The predicted octanol–water partition coefficient (Wildman–Crippen LogP) is 4.87. The first-order valence-electron chi connectivity index (χ1n) is 10.0. The third-order valence-corrected chi connectivity index (χ3v) is 4.96. The fourth-order valence-corrected chi connectivity index (χ4v) is 3.07. The first kappa shape index (κ1) is 21.7. The number of nitrogens with zero attached hydrogens (tertiary/aromatic N) is 1. The number of pyridine rings is 1. The van der Waals surface area contributed by atoms with Gasteiger partial charge in [0.2, 0.25) is 5.69 Å². The Balaban J connectivity index is 2.46. The van der Waals surface area contributed by atoms with E-state index >= 15 is 0 Å². The molecule has 0 saturated heterocycles. The number of carbonyl (C=O) groups excluding carboxylic acids is 1. The van der Waals surface area contributed by atoms with Crippen molar-refractivity contribution < 1.29 is 14.3 Å². The molecule has 0 aliphatic carbocycles. The zero-order valence-corrected chi connectivity index (χ0v) is 17.9. The minimum Gasteiger partial charge on any atom is -0.618 e. The highest BCUT2D eigenvalue weighted by atomic mass is 16.5. The molecule has 0 radical (unpaired) electrons. The molecule has 1 aromatic carbocycles. The first-order valence-corrected chi connectivity index (χ1v) is 10.0. The molecule has 5 heteroatoms. The number of hydrogen-bond donors (Lipinski definition) is 1. The lowest BCUT2D eigenvalue weighted by Crippen LogP contribution is -2.38. The molecule has 1 N–H and O–H groups in total. The van der Waals surface area contributed by atoms with Crippen LogP contribution in [0.2, 0.25) is 0 Å². The molecule has 28 heavy (non-hydrogen) atoms. The molecular weight excluding hydrogens is 352 g/mol. The smallest absolute Gasteiger partial charge is 0.265 e. The molecule has 0 fully saturated rings. The SMILES string of the molecule is CCCc1c(C(=O)Nc2cccc(C)c2C)c(OCCC(C)C)cc(C)[n+]1[O-]. The van der Waals surface area contributed by atoms with Crippen molar-refractivity contribution in [2.45, 2.75) is 60.8 Å². The van der Waals surface area contributed by atoms with Crippen LogP contribution in [-0.2, 0) is 6.42 Å². The minimum absolute atomic E-state index is 0.304. The number of aryl methyl sites for hydroxylation is 2. The van der Waals surface area contributed by atoms with Gasteiger partial charge in [0, 0.05) is 25.1 Å². The molecule has 1 amide bonds. The monoisotopic (exact) mass is 384 g/mol. The number of nitrogens with one attached hydrogen (secondary N) is 1. The van der Waals surface area contributed by atoms with E-state index in [1.54, 1.807) is 13.0 Å². The van der Waals surface area contributed by atoms with Crippen molar-refractivity contribution in [3.8, 4) is 5.75 Å². The molecule has 2 rings (SSSR count). The quantitative estimate of drug-likeness (QED) is 0.521. The van der Waals surface area contributed by atoms with E-state index in [0.29, 0.717) is 41.6 Å². The second-order valence-corrected chi connectivity index (χ2v) is 7.75. The number of benzene rings is 1. The fourth-order valence-electron chi connectivity index (χ4n) is 3.07. The summed E-state index contributed by atoms with van der Waals surface area (Å²) in [5.74, 6) is 0.675. The lowest BCUT2D eigenvalue weighted by Gasteiger charge is -2.18. The number of anilines is 1. The van der Waals surface area contributed by atoms with E-state index in [4.69, 9.17) is 4.74 Å². The molecule has 0 atom stereocenters. The predicted molar refractivity (Wildman–Crippen MR) is 113 cm³/mol. The Kier molecular flexibility index (Phi) is 7.44. The summed E-state index contributed by atoms with van der Waals surface area (Å²) in [7, 11) is 0. The van der Waals surface area contributed by atoms with Crippen LogP contribution in [0.4, 0.5) is 5.69 Å². The number of amides is 1. The van der Waals surface area contributed by atoms with Crippen molar-refractivity contribution in [1.29, 1.82) is 0 Å². The van der Waals surface area contributed by atoms with Crippen LogP contribution in [0.5, 0.6) is 5.75 Å². The number of hydrogen-bond acceptors (Lipinski definition) is 3. The molecule has 152 valence electrons. The summed E-state index contributed by atoms with van der Waals surface area (Å²) in [6.07, 6.45) is 2.16. The van der Waals surface area contributed by atoms with E-state index in [0.717, 1.165) is 34.4 Å².